The fourth-order valence-corrected chi connectivity index (χ4v) is 2.68. The number of amides is 1. The van der Waals surface area contributed by atoms with Crippen LogP contribution in [0, 0.1) is 0 Å². The monoisotopic (exact) mass is 418 g/mol. The number of ether oxygens (including phenoxy) is 3. The summed E-state index contributed by atoms with van der Waals surface area (Å²) < 4.78 is 16.2. The number of carbonyl (C=O) groups is 2. The number of hydrogen-bond acceptors (Lipinski definition) is 6. The summed E-state index contributed by atoms with van der Waals surface area (Å²) in [6.07, 6.45) is 1.48. The molecule has 0 saturated heterocycles. The standard InChI is InChI=1S/C24H22N2O5/c1-3-30-22-14-17(12-13-21(22)31-24(28)18-8-5-4-6-9-18)16-25-26-23(27)19-10-7-11-20(15-19)29-2/h4-16H,3H2,1-2H3,(H,26,27)/b25-16+. The van der Waals surface area contributed by atoms with Crippen molar-refractivity contribution in [2.75, 3.05) is 13.7 Å². The lowest BCUT2D eigenvalue weighted by molar-refractivity contribution is 0.0728. The van der Waals surface area contributed by atoms with E-state index in [2.05, 4.69) is 10.5 Å². The number of methoxy groups -OCH3 is 1. The second kappa shape index (κ2) is 10.6. The maximum atomic E-state index is 12.3. The smallest absolute Gasteiger partial charge is 0.343 e. The second-order valence-corrected chi connectivity index (χ2v) is 6.33. The van der Waals surface area contributed by atoms with E-state index in [-0.39, 0.29) is 5.91 Å². The maximum absolute atomic E-state index is 12.3. The topological polar surface area (TPSA) is 86.2 Å². The summed E-state index contributed by atoms with van der Waals surface area (Å²) in [5.41, 5.74) is 3.99. The summed E-state index contributed by atoms with van der Waals surface area (Å²) in [6.45, 7) is 2.22. The third kappa shape index (κ3) is 5.93. The van der Waals surface area contributed by atoms with E-state index in [4.69, 9.17) is 14.2 Å². The van der Waals surface area contributed by atoms with Gasteiger partial charge < -0.3 is 14.2 Å². The Bertz CT molecular complexity index is 1080. The van der Waals surface area contributed by atoms with Crippen molar-refractivity contribution in [3.8, 4) is 17.2 Å². The normalized spacial score (nSPS) is 10.5. The van der Waals surface area contributed by atoms with Crippen LogP contribution in [0.4, 0.5) is 0 Å². The van der Waals surface area contributed by atoms with Crippen molar-refractivity contribution in [3.63, 3.8) is 0 Å². The molecule has 0 saturated carbocycles. The molecule has 1 N–H and O–H groups in total. The highest BCUT2D eigenvalue weighted by Gasteiger charge is 2.13. The zero-order valence-electron chi connectivity index (χ0n) is 17.2. The number of nitrogens with zero attached hydrogens (tertiary/aromatic N) is 1. The lowest BCUT2D eigenvalue weighted by Gasteiger charge is -2.11. The molecule has 3 rings (SSSR count). The molecule has 0 spiro atoms. The zero-order valence-corrected chi connectivity index (χ0v) is 17.2. The predicted molar refractivity (Wildman–Crippen MR) is 117 cm³/mol. The molecule has 3 aromatic rings. The van der Waals surface area contributed by atoms with E-state index in [1.165, 1.54) is 13.3 Å². The van der Waals surface area contributed by atoms with Gasteiger partial charge >= 0.3 is 5.97 Å². The number of benzene rings is 3. The summed E-state index contributed by atoms with van der Waals surface area (Å²) in [6, 6.07) is 20.5. The highest BCUT2D eigenvalue weighted by molar-refractivity contribution is 5.95. The molecular formula is C24H22N2O5. The molecule has 3 aromatic carbocycles. The minimum absolute atomic E-state index is 0.299. The largest absolute Gasteiger partial charge is 0.497 e. The van der Waals surface area contributed by atoms with Gasteiger partial charge in [0.25, 0.3) is 5.91 Å². The van der Waals surface area contributed by atoms with Gasteiger partial charge in [0, 0.05) is 5.56 Å². The third-order valence-electron chi connectivity index (χ3n) is 4.19. The molecule has 0 atom stereocenters. The van der Waals surface area contributed by atoms with Crippen molar-refractivity contribution in [2.24, 2.45) is 5.10 Å². The van der Waals surface area contributed by atoms with Gasteiger partial charge in [-0.2, -0.15) is 5.10 Å². The van der Waals surface area contributed by atoms with E-state index in [9.17, 15) is 9.59 Å². The fourth-order valence-electron chi connectivity index (χ4n) is 2.68. The highest BCUT2D eigenvalue weighted by Crippen LogP contribution is 2.29. The van der Waals surface area contributed by atoms with Crippen LogP contribution < -0.4 is 19.6 Å². The molecule has 7 heteroatoms. The SMILES string of the molecule is CCOc1cc(/C=N/NC(=O)c2cccc(OC)c2)ccc1OC(=O)c1ccccc1. The van der Waals surface area contributed by atoms with E-state index >= 15 is 0 Å². The first-order chi connectivity index (χ1) is 15.1. The highest BCUT2D eigenvalue weighted by atomic mass is 16.6. The van der Waals surface area contributed by atoms with Gasteiger partial charge in [-0.1, -0.05) is 24.3 Å². The van der Waals surface area contributed by atoms with Gasteiger partial charge in [0.05, 0.1) is 25.5 Å². The van der Waals surface area contributed by atoms with Crippen LogP contribution in [-0.2, 0) is 0 Å². The molecule has 31 heavy (non-hydrogen) atoms. The molecule has 0 unspecified atom stereocenters. The molecule has 0 aliphatic carbocycles. The Morgan fingerprint density at radius 2 is 1.71 bits per heavy atom. The summed E-state index contributed by atoms with van der Waals surface area (Å²) in [7, 11) is 1.53. The van der Waals surface area contributed by atoms with E-state index < -0.39 is 5.97 Å². The van der Waals surface area contributed by atoms with E-state index in [0.717, 1.165) is 0 Å². The Balaban J connectivity index is 1.69. The summed E-state index contributed by atoms with van der Waals surface area (Å²) in [5.74, 6) is 0.434. The summed E-state index contributed by atoms with van der Waals surface area (Å²) >= 11 is 0. The van der Waals surface area contributed by atoms with Gasteiger partial charge in [0.2, 0.25) is 0 Å². The maximum Gasteiger partial charge on any atom is 0.343 e. The number of hydrogen-bond donors (Lipinski definition) is 1. The van der Waals surface area contributed by atoms with Gasteiger partial charge in [-0.15, -0.1) is 0 Å². The Kier molecular flexibility index (Phi) is 7.37. The first-order valence-corrected chi connectivity index (χ1v) is 9.62. The van der Waals surface area contributed by atoms with E-state index in [0.29, 0.717) is 40.5 Å². The Labute approximate surface area is 180 Å². The Morgan fingerprint density at radius 3 is 2.45 bits per heavy atom. The third-order valence-corrected chi connectivity index (χ3v) is 4.19. The lowest BCUT2D eigenvalue weighted by atomic mass is 10.2. The van der Waals surface area contributed by atoms with Crippen molar-refractivity contribution in [1.82, 2.24) is 5.43 Å². The molecule has 0 fully saturated rings. The van der Waals surface area contributed by atoms with Crippen LogP contribution in [0.25, 0.3) is 0 Å². The van der Waals surface area contributed by atoms with Gasteiger partial charge in [0.1, 0.15) is 5.75 Å². The molecule has 0 aliphatic heterocycles. The van der Waals surface area contributed by atoms with Crippen LogP contribution in [0.2, 0.25) is 0 Å². The molecule has 1 amide bonds. The van der Waals surface area contributed by atoms with Gasteiger partial charge in [0.15, 0.2) is 11.5 Å². The van der Waals surface area contributed by atoms with Crippen molar-refractivity contribution >= 4 is 18.1 Å². The van der Waals surface area contributed by atoms with Crippen LogP contribution in [0.15, 0.2) is 77.9 Å². The van der Waals surface area contributed by atoms with Crippen molar-refractivity contribution in [3.05, 3.63) is 89.5 Å². The molecule has 0 aromatic heterocycles. The van der Waals surface area contributed by atoms with Crippen molar-refractivity contribution < 1.29 is 23.8 Å². The minimum atomic E-state index is -0.478. The van der Waals surface area contributed by atoms with Crippen LogP contribution in [-0.4, -0.2) is 31.8 Å². The number of carbonyl (C=O) groups excluding carboxylic acids is 2. The van der Waals surface area contributed by atoms with Gasteiger partial charge in [-0.25, -0.2) is 10.2 Å². The van der Waals surface area contributed by atoms with E-state index in [1.807, 2.05) is 13.0 Å². The molecule has 0 radical (unpaired) electrons. The van der Waals surface area contributed by atoms with Crippen molar-refractivity contribution in [1.29, 1.82) is 0 Å². The average Bonchev–Trinajstić information content (AvgIpc) is 2.81. The first-order valence-electron chi connectivity index (χ1n) is 9.62. The van der Waals surface area contributed by atoms with Crippen LogP contribution >= 0.6 is 0 Å². The molecule has 7 nitrogen and oxygen atoms in total. The van der Waals surface area contributed by atoms with Crippen LogP contribution in [0.5, 0.6) is 17.2 Å². The number of hydrazone groups is 1. The minimum Gasteiger partial charge on any atom is -0.497 e. The average molecular weight is 418 g/mol. The van der Waals surface area contributed by atoms with Crippen molar-refractivity contribution in [2.45, 2.75) is 6.92 Å². The van der Waals surface area contributed by atoms with Gasteiger partial charge in [-0.3, -0.25) is 4.79 Å². The first kappa shape index (κ1) is 21.6. The Hall–Kier alpha value is -4.13. The number of esters is 1. The predicted octanol–water partition coefficient (Wildman–Crippen LogP) is 4.08. The van der Waals surface area contributed by atoms with Gasteiger partial charge in [-0.05, 0) is 61.0 Å². The second-order valence-electron chi connectivity index (χ2n) is 6.33. The molecule has 0 aliphatic rings. The number of nitrogens with one attached hydrogen (secondary N) is 1. The van der Waals surface area contributed by atoms with E-state index in [1.54, 1.807) is 66.7 Å². The quantitative estimate of drug-likeness (QED) is 0.258. The molecule has 0 heterocycles. The molecule has 0 bridgehead atoms. The fraction of sp³-hybridized carbons (Fsp3) is 0.125. The Morgan fingerprint density at radius 1 is 0.935 bits per heavy atom. The van der Waals surface area contributed by atoms with Crippen LogP contribution in [0.3, 0.4) is 0 Å². The van der Waals surface area contributed by atoms with Crippen LogP contribution in [0.1, 0.15) is 33.2 Å². The molecular weight excluding hydrogens is 396 g/mol. The summed E-state index contributed by atoms with van der Waals surface area (Å²) in [4.78, 5) is 24.5. The summed E-state index contributed by atoms with van der Waals surface area (Å²) in [5, 5.41) is 3.98. The molecule has 158 valence electrons. The number of rotatable bonds is 8. The lowest BCUT2D eigenvalue weighted by Crippen LogP contribution is -2.17. The zero-order chi connectivity index (χ0) is 22.1.